The molecule has 12 heavy (non-hydrogen) atoms. The average Bonchev–Trinajstić information content (AvgIpc) is 2.55. The largest absolute Gasteiger partial charge is 0.465 e. The van der Waals surface area contributed by atoms with Gasteiger partial charge < -0.3 is 4.74 Å². The zero-order chi connectivity index (χ0) is 8.72. The lowest BCUT2D eigenvalue weighted by Gasteiger charge is -2.00. The average molecular weight is 183 g/mol. The van der Waals surface area contributed by atoms with Crippen LogP contribution in [0.4, 0.5) is 0 Å². The van der Waals surface area contributed by atoms with Crippen LogP contribution in [-0.2, 0) is 0 Å². The summed E-state index contributed by atoms with van der Waals surface area (Å²) in [6.45, 7) is 0. The van der Waals surface area contributed by atoms with Crippen molar-refractivity contribution in [3.05, 3.63) is 15.8 Å². The van der Waals surface area contributed by atoms with Gasteiger partial charge in [-0.05, 0) is 0 Å². The van der Waals surface area contributed by atoms with Crippen LogP contribution in [0.3, 0.4) is 0 Å². The van der Waals surface area contributed by atoms with Crippen LogP contribution in [0, 0.1) is 0 Å². The highest BCUT2D eigenvalue weighted by Crippen LogP contribution is 2.34. The molecule has 62 valence electrons. The first kappa shape index (κ1) is 7.45. The van der Waals surface area contributed by atoms with Gasteiger partial charge >= 0.3 is 0 Å². The number of fused-ring (bicyclic) bond motifs is 1. The van der Waals surface area contributed by atoms with Crippen molar-refractivity contribution in [3.63, 3.8) is 0 Å². The Bertz CT molecular complexity index is 358. The Morgan fingerprint density at radius 3 is 3.08 bits per heavy atom. The molecular formula is C7H5NO3S. The van der Waals surface area contributed by atoms with E-state index in [4.69, 9.17) is 10.5 Å². The highest BCUT2D eigenvalue weighted by molar-refractivity contribution is 7.12. The fourth-order valence-electron chi connectivity index (χ4n) is 1.07. The van der Waals surface area contributed by atoms with Crippen LogP contribution in [0.1, 0.15) is 20.0 Å². The topological polar surface area (TPSA) is 69.4 Å². The van der Waals surface area contributed by atoms with E-state index in [9.17, 15) is 9.59 Å². The van der Waals surface area contributed by atoms with Gasteiger partial charge in [0, 0.05) is 5.38 Å². The minimum Gasteiger partial charge on any atom is -0.465 e. The van der Waals surface area contributed by atoms with E-state index < -0.39 is 6.23 Å². The van der Waals surface area contributed by atoms with Gasteiger partial charge in [-0.15, -0.1) is 11.3 Å². The third kappa shape index (κ3) is 0.804. The molecule has 2 heterocycles. The zero-order valence-corrected chi connectivity index (χ0v) is 6.76. The number of Topliss-reactive ketones (excluding diaryl/α,β-unsaturated/α-hetero) is 1. The lowest BCUT2D eigenvalue weighted by molar-refractivity contribution is 0.0862. The third-order valence-corrected chi connectivity index (χ3v) is 2.54. The van der Waals surface area contributed by atoms with E-state index in [0.717, 1.165) is 0 Å². The number of carbonyl (C=O) groups excluding carboxylic acids is 2. The smallest absolute Gasteiger partial charge is 0.222 e. The molecule has 0 bridgehead atoms. The molecule has 4 nitrogen and oxygen atoms in total. The van der Waals surface area contributed by atoms with E-state index in [1.165, 1.54) is 11.3 Å². The highest BCUT2D eigenvalue weighted by atomic mass is 32.1. The summed E-state index contributed by atoms with van der Waals surface area (Å²) in [5, 5.41) is 1.59. The SMILES string of the molecule is NC1Oc2c(csc2C=O)C1=O. The van der Waals surface area contributed by atoms with Crippen LogP contribution in [0.15, 0.2) is 5.38 Å². The van der Waals surface area contributed by atoms with E-state index in [-0.39, 0.29) is 5.78 Å². The molecule has 0 saturated heterocycles. The zero-order valence-electron chi connectivity index (χ0n) is 5.94. The van der Waals surface area contributed by atoms with Gasteiger partial charge in [0.1, 0.15) is 4.88 Å². The molecule has 0 radical (unpaired) electrons. The highest BCUT2D eigenvalue weighted by Gasteiger charge is 2.32. The molecule has 0 aliphatic carbocycles. The number of aldehydes is 1. The molecule has 1 aromatic rings. The standard InChI is InChI=1S/C7H5NO3S/c8-7-5(10)3-2-12-4(1-9)6(3)11-7/h1-2,7H,8H2. The van der Waals surface area contributed by atoms with E-state index in [2.05, 4.69) is 0 Å². The lowest BCUT2D eigenvalue weighted by Crippen LogP contribution is -2.30. The molecule has 2 rings (SSSR count). The summed E-state index contributed by atoms with van der Waals surface area (Å²) in [5.74, 6) is 0.0850. The van der Waals surface area contributed by atoms with E-state index in [0.29, 0.717) is 22.5 Å². The molecule has 1 unspecified atom stereocenters. The summed E-state index contributed by atoms with van der Waals surface area (Å²) < 4.78 is 4.99. The lowest BCUT2D eigenvalue weighted by atomic mass is 10.2. The Balaban J connectivity index is 2.55. The van der Waals surface area contributed by atoms with Crippen molar-refractivity contribution in [2.75, 3.05) is 0 Å². The second-order valence-electron chi connectivity index (χ2n) is 2.36. The van der Waals surface area contributed by atoms with E-state index in [1.54, 1.807) is 5.38 Å². The Kier molecular flexibility index (Phi) is 1.49. The van der Waals surface area contributed by atoms with Gasteiger partial charge in [0.25, 0.3) is 0 Å². The van der Waals surface area contributed by atoms with Crippen molar-refractivity contribution < 1.29 is 14.3 Å². The van der Waals surface area contributed by atoms with Crippen LogP contribution in [-0.4, -0.2) is 18.3 Å². The van der Waals surface area contributed by atoms with Gasteiger partial charge in [0.15, 0.2) is 12.0 Å². The molecule has 0 amide bonds. The monoisotopic (exact) mass is 183 g/mol. The van der Waals surface area contributed by atoms with Crippen LogP contribution < -0.4 is 10.5 Å². The quantitative estimate of drug-likeness (QED) is 0.640. The number of rotatable bonds is 1. The van der Waals surface area contributed by atoms with Crippen molar-refractivity contribution in [1.29, 1.82) is 0 Å². The van der Waals surface area contributed by atoms with Crippen LogP contribution in [0.25, 0.3) is 0 Å². The van der Waals surface area contributed by atoms with Crippen molar-refractivity contribution >= 4 is 23.4 Å². The van der Waals surface area contributed by atoms with Gasteiger partial charge in [0.2, 0.25) is 12.0 Å². The van der Waals surface area contributed by atoms with Crippen LogP contribution in [0.5, 0.6) is 5.75 Å². The first-order valence-electron chi connectivity index (χ1n) is 3.27. The molecule has 2 N–H and O–H groups in total. The normalized spacial score (nSPS) is 20.4. The number of ether oxygens (including phenoxy) is 1. The van der Waals surface area contributed by atoms with Gasteiger partial charge in [-0.1, -0.05) is 0 Å². The van der Waals surface area contributed by atoms with Gasteiger partial charge in [-0.3, -0.25) is 15.3 Å². The van der Waals surface area contributed by atoms with Gasteiger partial charge in [-0.2, -0.15) is 0 Å². The maximum absolute atomic E-state index is 11.2. The molecule has 1 aromatic heterocycles. The summed E-state index contributed by atoms with van der Waals surface area (Å²) in [6.07, 6.45) is -0.267. The maximum Gasteiger partial charge on any atom is 0.222 e. The molecule has 1 atom stereocenters. The number of thiophene rings is 1. The third-order valence-electron chi connectivity index (χ3n) is 1.65. The fourth-order valence-corrected chi connectivity index (χ4v) is 1.86. The summed E-state index contributed by atoms with van der Waals surface area (Å²) in [6, 6.07) is 0. The number of carbonyl (C=O) groups is 2. The number of hydrogen-bond donors (Lipinski definition) is 1. The van der Waals surface area contributed by atoms with Crippen molar-refractivity contribution in [1.82, 2.24) is 0 Å². The van der Waals surface area contributed by atoms with E-state index >= 15 is 0 Å². The Morgan fingerprint density at radius 2 is 2.42 bits per heavy atom. The predicted octanol–water partition coefficient (Wildman–Crippen LogP) is 0.421. The molecule has 0 fully saturated rings. The van der Waals surface area contributed by atoms with Crippen molar-refractivity contribution in [2.45, 2.75) is 6.23 Å². The second-order valence-corrected chi connectivity index (χ2v) is 3.27. The Hall–Kier alpha value is -1.20. The summed E-state index contributed by atoms with van der Waals surface area (Å²) in [5.41, 5.74) is 5.74. The minimum atomic E-state index is -0.929. The Morgan fingerprint density at radius 1 is 1.67 bits per heavy atom. The summed E-state index contributed by atoms with van der Waals surface area (Å²) in [4.78, 5) is 22.0. The van der Waals surface area contributed by atoms with Crippen molar-refractivity contribution in [3.8, 4) is 5.75 Å². The second kappa shape index (κ2) is 2.40. The van der Waals surface area contributed by atoms with Gasteiger partial charge in [0.05, 0.1) is 5.56 Å². The molecular weight excluding hydrogens is 178 g/mol. The van der Waals surface area contributed by atoms with Crippen LogP contribution in [0.2, 0.25) is 0 Å². The molecule has 5 heteroatoms. The first-order chi connectivity index (χ1) is 5.74. The first-order valence-corrected chi connectivity index (χ1v) is 4.15. The number of hydrogen-bond acceptors (Lipinski definition) is 5. The molecule has 0 aromatic carbocycles. The minimum absolute atomic E-state index is 0.255. The summed E-state index contributed by atoms with van der Waals surface area (Å²) in [7, 11) is 0. The molecule has 0 saturated carbocycles. The summed E-state index contributed by atoms with van der Waals surface area (Å²) >= 11 is 1.19. The van der Waals surface area contributed by atoms with Gasteiger partial charge in [-0.25, -0.2) is 0 Å². The van der Waals surface area contributed by atoms with E-state index in [1.807, 2.05) is 0 Å². The fraction of sp³-hybridized carbons (Fsp3) is 0.143. The molecule has 1 aliphatic rings. The molecule has 0 spiro atoms. The van der Waals surface area contributed by atoms with Crippen molar-refractivity contribution in [2.24, 2.45) is 5.73 Å². The number of ketones is 1. The number of nitrogens with two attached hydrogens (primary N) is 1. The van der Waals surface area contributed by atoms with Crippen LogP contribution >= 0.6 is 11.3 Å². The predicted molar refractivity (Wildman–Crippen MR) is 42.6 cm³/mol. The Labute approximate surface area is 71.9 Å². The maximum atomic E-state index is 11.2. The molecule has 1 aliphatic heterocycles.